The van der Waals surface area contributed by atoms with Crippen LogP contribution in [0, 0.1) is 23.7 Å². The first-order valence-electron chi connectivity index (χ1n) is 23.9. The topological polar surface area (TPSA) is 187 Å². The highest BCUT2D eigenvalue weighted by atomic mass is 32.1. The molecule has 1 aromatic heterocycles. The number of carbonyl (C=O) groups is 4. The third-order valence-corrected chi connectivity index (χ3v) is 14.0. The standard InChI is InChI=1S/C54H58F3N7O8S2/c1-33-46(74-32-60-33)36-13-11-34(12-14-36)30-59-48(67)44-28-40(65)31-62(44)49(68)47(52(2,3)4)61-45(66)26-35-9-7-10-42(25-35)71-22-8-21-70-23-24-72-41-19-17-38(18-20-41)64-51(73)63(50(69)53(64,5)6)39-16-15-37(29-58)43(27-39)54(55,56)57/h7,9-20,25,27,32,40,44,47,65H,8,21-24,26,28,30-31H2,1-6H3,(H,59,67)(H,61,66)/t40-,44+,47?/m1/s1. The van der Waals surface area contributed by atoms with Gasteiger partial charge in [-0.3, -0.25) is 24.1 Å². The summed E-state index contributed by atoms with van der Waals surface area (Å²) < 4.78 is 58.7. The second kappa shape index (κ2) is 23.1. The monoisotopic (exact) mass is 1050 g/mol. The van der Waals surface area contributed by atoms with E-state index in [1.54, 1.807) is 90.2 Å². The number of benzene rings is 4. The molecule has 2 aliphatic rings. The summed E-state index contributed by atoms with van der Waals surface area (Å²) in [7, 11) is 0. The van der Waals surface area contributed by atoms with Crippen molar-refractivity contribution in [3.8, 4) is 28.0 Å². The number of nitriles is 1. The van der Waals surface area contributed by atoms with Gasteiger partial charge < -0.3 is 39.8 Å². The third kappa shape index (κ3) is 12.9. The van der Waals surface area contributed by atoms with Gasteiger partial charge in [0.2, 0.25) is 17.7 Å². The Morgan fingerprint density at radius 3 is 2.30 bits per heavy atom. The van der Waals surface area contributed by atoms with E-state index in [0.29, 0.717) is 42.4 Å². The number of amides is 4. The molecule has 74 heavy (non-hydrogen) atoms. The van der Waals surface area contributed by atoms with Crippen LogP contribution in [0.2, 0.25) is 0 Å². The van der Waals surface area contributed by atoms with Crippen molar-refractivity contribution < 1.29 is 51.7 Å². The van der Waals surface area contributed by atoms with Crippen LogP contribution >= 0.6 is 23.6 Å². The van der Waals surface area contributed by atoms with E-state index in [1.165, 1.54) is 11.0 Å². The van der Waals surface area contributed by atoms with Crippen LogP contribution in [0.5, 0.6) is 11.5 Å². The maximum Gasteiger partial charge on any atom is 0.417 e. The molecule has 390 valence electrons. The van der Waals surface area contributed by atoms with Crippen LogP contribution in [0.1, 0.15) is 75.4 Å². The number of hydrogen-bond donors (Lipinski definition) is 3. The van der Waals surface area contributed by atoms with Gasteiger partial charge in [-0.1, -0.05) is 57.2 Å². The maximum absolute atomic E-state index is 14.1. The van der Waals surface area contributed by atoms with Gasteiger partial charge in [-0.05, 0) is 110 Å². The molecule has 1 unspecified atom stereocenters. The highest BCUT2D eigenvalue weighted by Crippen LogP contribution is 2.40. The smallest absolute Gasteiger partial charge is 0.417 e. The van der Waals surface area contributed by atoms with E-state index in [2.05, 4.69) is 15.6 Å². The molecule has 3 atom stereocenters. The third-order valence-electron chi connectivity index (χ3n) is 12.6. The number of aliphatic hydroxyl groups excluding tert-OH is 1. The first-order valence-corrected chi connectivity index (χ1v) is 25.2. The van der Waals surface area contributed by atoms with Gasteiger partial charge in [0.15, 0.2) is 5.11 Å². The van der Waals surface area contributed by atoms with Gasteiger partial charge in [-0.25, -0.2) is 4.98 Å². The second-order valence-corrected chi connectivity index (χ2v) is 20.8. The number of thiocarbonyl (C=S) groups is 1. The molecule has 0 aliphatic carbocycles. The van der Waals surface area contributed by atoms with Crippen molar-refractivity contribution in [3.63, 3.8) is 0 Å². The lowest BCUT2D eigenvalue weighted by Gasteiger charge is -2.35. The fourth-order valence-electron chi connectivity index (χ4n) is 8.75. The van der Waals surface area contributed by atoms with E-state index in [1.807, 2.05) is 52.0 Å². The van der Waals surface area contributed by atoms with Crippen molar-refractivity contribution in [2.75, 3.05) is 42.8 Å². The van der Waals surface area contributed by atoms with Gasteiger partial charge in [-0.15, -0.1) is 11.3 Å². The van der Waals surface area contributed by atoms with Crippen molar-refractivity contribution in [2.24, 2.45) is 5.41 Å². The number of carbonyl (C=O) groups excluding carboxylic acids is 4. The molecular weight excluding hydrogens is 996 g/mol. The van der Waals surface area contributed by atoms with Crippen LogP contribution in [0.4, 0.5) is 24.5 Å². The fourth-order valence-corrected chi connectivity index (χ4v) is 10.1. The van der Waals surface area contributed by atoms with E-state index in [0.717, 1.165) is 38.7 Å². The van der Waals surface area contributed by atoms with E-state index < -0.39 is 64.2 Å². The molecule has 15 nitrogen and oxygen atoms in total. The van der Waals surface area contributed by atoms with Crippen molar-refractivity contribution in [3.05, 3.63) is 124 Å². The Balaban J connectivity index is 0.829. The molecule has 3 heterocycles. The van der Waals surface area contributed by atoms with E-state index in [-0.39, 0.29) is 55.9 Å². The number of aromatic nitrogens is 1. The molecule has 4 amide bonds. The molecule has 0 bridgehead atoms. The number of thiazole rings is 1. The predicted molar refractivity (Wildman–Crippen MR) is 277 cm³/mol. The number of nitrogens with one attached hydrogen (secondary N) is 2. The van der Waals surface area contributed by atoms with Crippen LogP contribution in [0.3, 0.4) is 0 Å². The van der Waals surface area contributed by atoms with E-state index >= 15 is 0 Å². The van der Waals surface area contributed by atoms with Crippen molar-refractivity contribution in [1.29, 1.82) is 5.26 Å². The zero-order chi connectivity index (χ0) is 53.5. The summed E-state index contributed by atoms with van der Waals surface area (Å²) in [5, 5.41) is 25.7. The van der Waals surface area contributed by atoms with Crippen molar-refractivity contribution in [1.82, 2.24) is 20.5 Å². The molecule has 20 heteroatoms. The Labute approximate surface area is 437 Å². The first-order chi connectivity index (χ1) is 35.1. The molecule has 7 rings (SSSR count). The number of halogens is 3. The molecule has 0 radical (unpaired) electrons. The van der Waals surface area contributed by atoms with Gasteiger partial charge in [0.1, 0.15) is 35.7 Å². The number of anilines is 2. The van der Waals surface area contributed by atoms with Crippen molar-refractivity contribution >= 4 is 63.7 Å². The number of β-amino-alcohol motifs (C(OH)–C–C–N with tert-alkyl or cyclic N) is 1. The first kappa shape index (κ1) is 54.8. The summed E-state index contributed by atoms with van der Waals surface area (Å²) in [4.78, 5) is 64.1. The van der Waals surface area contributed by atoms with Gasteiger partial charge in [0, 0.05) is 38.2 Å². The Hall–Kier alpha value is -6.92. The minimum atomic E-state index is -4.81. The zero-order valence-corrected chi connectivity index (χ0v) is 43.5. The minimum absolute atomic E-state index is 0.0176. The molecule has 2 saturated heterocycles. The van der Waals surface area contributed by atoms with Gasteiger partial charge in [-0.2, -0.15) is 18.4 Å². The summed E-state index contributed by atoms with van der Waals surface area (Å²) in [6.07, 6.45) is -5.11. The number of aryl methyl sites for hydroxylation is 1. The lowest BCUT2D eigenvalue weighted by atomic mass is 9.85. The molecular formula is C54H58F3N7O8S2. The molecule has 4 aromatic carbocycles. The summed E-state index contributed by atoms with van der Waals surface area (Å²) in [5.74, 6) is -0.695. The quantitative estimate of drug-likeness (QED) is 0.0533. The average molecular weight is 1050 g/mol. The zero-order valence-electron chi connectivity index (χ0n) is 41.8. The number of nitrogens with zero attached hydrogens (tertiary/aromatic N) is 5. The Bertz CT molecular complexity index is 2900. The Morgan fingerprint density at radius 1 is 0.932 bits per heavy atom. The van der Waals surface area contributed by atoms with Crippen LogP contribution in [0.15, 0.2) is 96.5 Å². The molecule has 0 spiro atoms. The number of likely N-dealkylation sites (tertiary alicyclic amines) is 1. The number of aliphatic hydroxyl groups is 1. The largest absolute Gasteiger partial charge is 0.493 e. The maximum atomic E-state index is 14.1. The Kier molecular flexibility index (Phi) is 17.1. The van der Waals surface area contributed by atoms with Crippen LogP contribution < -0.4 is 29.9 Å². The molecule has 0 saturated carbocycles. The lowest BCUT2D eigenvalue weighted by Crippen LogP contribution is -2.58. The fraction of sp³-hybridized carbons (Fsp3) is 0.389. The summed E-state index contributed by atoms with van der Waals surface area (Å²) in [6, 6.07) is 24.4. The van der Waals surface area contributed by atoms with E-state index in [9.17, 15) is 42.7 Å². The number of alkyl halides is 3. The molecule has 2 aliphatic heterocycles. The lowest BCUT2D eigenvalue weighted by molar-refractivity contribution is -0.144. The molecule has 2 fully saturated rings. The van der Waals surface area contributed by atoms with Crippen LogP contribution in [-0.2, 0) is 43.1 Å². The number of hydrogen-bond acceptors (Lipinski definition) is 12. The normalized spacial score (nSPS) is 17.0. The van der Waals surface area contributed by atoms with Gasteiger partial charge in [0.05, 0.1) is 64.7 Å². The number of ether oxygens (including phenoxy) is 3. The Morgan fingerprint density at radius 2 is 1.64 bits per heavy atom. The molecule has 5 aromatic rings. The molecule has 3 N–H and O–H groups in total. The second-order valence-electron chi connectivity index (χ2n) is 19.6. The average Bonchev–Trinajstić information content (AvgIpc) is 4.02. The van der Waals surface area contributed by atoms with Gasteiger partial charge >= 0.3 is 6.18 Å². The number of rotatable bonds is 19. The summed E-state index contributed by atoms with van der Waals surface area (Å²) in [6.45, 7) is 12.1. The van der Waals surface area contributed by atoms with Crippen LogP contribution in [-0.4, -0.2) is 100 Å². The SMILES string of the molecule is Cc1ncsc1-c1ccc(CNC(=O)[C@@H]2C[C@@H](O)CN2C(=O)C(NC(=O)Cc2cccc(OCCCOCCOc3ccc(N4C(=S)N(c5ccc(C#N)c(C(F)(F)F)c5)C(=O)C4(C)C)cc3)c2)C(C)(C)C)cc1. The van der Waals surface area contributed by atoms with Crippen molar-refractivity contribution in [2.45, 2.75) is 97.3 Å². The minimum Gasteiger partial charge on any atom is -0.493 e. The predicted octanol–water partition coefficient (Wildman–Crippen LogP) is 8.14. The van der Waals surface area contributed by atoms with Crippen LogP contribution in [0.25, 0.3) is 10.4 Å². The highest BCUT2D eigenvalue weighted by Gasteiger charge is 2.51. The highest BCUT2D eigenvalue weighted by molar-refractivity contribution is 7.81. The summed E-state index contributed by atoms with van der Waals surface area (Å²) >= 11 is 7.19. The van der Waals surface area contributed by atoms with Gasteiger partial charge in [0.25, 0.3) is 5.91 Å². The summed E-state index contributed by atoms with van der Waals surface area (Å²) in [5.41, 5.74) is 2.06. The van der Waals surface area contributed by atoms with E-state index in [4.69, 9.17) is 26.4 Å².